The zero-order valence-corrected chi connectivity index (χ0v) is 15.8. The van der Waals surface area contributed by atoms with Crippen LogP contribution in [0, 0.1) is 0 Å². The minimum Gasteiger partial charge on any atom is -0.497 e. The van der Waals surface area contributed by atoms with Crippen molar-refractivity contribution in [1.29, 1.82) is 0 Å². The third-order valence-electron chi connectivity index (χ3n) is 5.26. The highest BCUT2D eigenvalue weighted by molar-refractivity contribution is 6.34. The summed E-state index contributed by atoms with van der Waals surface area (Å²) in [7, 11) is 1.56. The highest BCUT2D eigenvalue weighted by Gasteiger charge is 2.55. The molecule has 144 valence electrons. The number of ketones is 2. The molecule has 0 aromatic heterocycles. The number of benzene rings is 3. The lowest BCUT2D eigenvalue weighted by Crippen LogP contribution is -2.41. The molecule has 4 rings (SSSR count). The van der Waals surface area contributed by atoms with E-state index in [1.807, 2.05) is 6.07 Å². The molecular weight excluding hydrogens is 366 g/mol. The van der Waals surface area contributed by atoms with Gasteiger partial charge in [-0.05, 0) is 29.8 Å². The molecule has 0 heterocycles. The minimum atomic E-state index is -1.55. The van der Waals surface area contributed by atoms with Crippen LogP contribution in [0.2, 0.25) is 0 Å². The van der Waals surface area contributed by atoms with Crippen LogP contribution in [-0.2, 0) is 10.2 Å². The molecule has 0 saturated carbocycles. The Kier molecular flexibility index (Phi) is 4.72. The standard InChI is InChI=1S/C24H19NO4/c1-29-18-13-11-17(12-14-18)25-21(26)15-24(16-7-3-2-4-8-16)22(27)19-9-5-6-10-20(19)23(24)28/h2-14H,15H2,1H3,(H,25,26). The summed E-state index contributed by atoms with van der Waals surface area (Å²) in [4.78, 5) is 39.7. The van der Waals surface area contributed by atoms with Gasteiger partial charge in [-0.25, -0.2) is 0 Å². The van der Waals surface area contributed by atoms with Crippen LogP contribution in [0.3, 0.4) is 0 Å². The predicted molar refractivity (Wildman–Crippen MR) is 109 cm³/mol. The molecule has 1 aliphatic rings. The Morgan fingerprint density at radius 2 is 1.38 bits per heavy atom. The van der Waals surface area contributed by atoms with Crippen LogP contribution in [-0.4, -0.2) is 24.6 Å². The molecule has 1 N–H and O–H groups in total. The van der Waals surface area contributed by atoms with Crippen molar-refractivity contribution in [2.45, 2.75) is 11.8 Å². The molecule has 1 amide bonds. The molecular formula is C24H19NO4. The van der Waals surface area contributed by atoms with Gasteiger partial charge in [0.05, 0.1) is 13.5 Å². The highest BCUT2D eigenvalue weighted by Crippen LogP contribution is 2.42. The van der Waals surface area contributed by atoms with E-state index in [1.54, 1.807) is 79.9 Å². The zero-order valence-electron chi connectivity index (χ0n) is 15.8. The monoisotopic (exact) mass is 385 g/mol. The lowest BCUT2D eigenvalue weighted by molar-refractivity contribution is -0.116. The Labute approximate surface area is 168 Å². The molecule has 5 heteroatoms. The van der Waals surface area contributed by atoms with E-state index in [0.29, 0.717) is 28.1 Å². The Hall–Kier alpha value is -3.73. The number of fused-ring (bicyclic) bond motifs is 1. The number of ether oxygens (including phenoxy) is 1. The largest absolute Gasteiger partial charge is 0.497 e. The molecule has 1 aliphatic carbocycles. The van der Waals surface area contributed by atoms with E-state index >= 15 is 0 Å². The van der Waals surface area contributed by atoms with E-state index in [4.69, 9.17) is 4.74 Å². The van der Waals surface area contributed by atoms with Crippen LogP contribution < -0.4 is 10.1 Å². The Balaban J connectivity index is 1.70. The van der Waals surface area contributed by atoms with Gasteiger partial charge in [0.2, 0.25) is 5.91 Å². The lowest BCUT2D eigenvalue weighted by Gasteiger charge is -2.26. The van der Waals surface area contributed by atoms with E-state index in [1.165, 1.54) is 0 Å². The molecule has 3 aromatic carbocycles. The van der Waals surface area contributed by atoms with Gasteiger partial charge in [-0.2, -0.15) is 0 Å². The summed E-state index contributed by atoms with van der Waals surface area (Å²) in [6.45, 7) is 0. The van der Waals surface area contributed by atoms with Crippen molar-refractivity contribution in [2.75, 3.05) is 12.4 Å². The molecule has 0 aliphatic heterocycles. The maximum absolute atomic E-state index is 13.4. The number of amides is 1. The Morgan fingerprint density at radius 3 is 1.93 bits per heavy atom. The quantitative estimate of drug-likeness (QED) is 0.673. The average Bonchev–Trinajstić information content (AvgIpc) is 2.98. The van der Waals surface area contributed by atoms with Crippen LogP contribution in [0.1, 0.15) is 32.7 Å². The normalized spacial score (nSPS) is 14.4. The van der Waals surface area contributed by atoms with E-state index in [9.17, 15) is 14.4 Å². The number of anilines is 1. The summed E-state index contributed by atoms with van der Waals surface area (Å²) in [5, 5.41) is 2.78. The third kappa shape index (κ3) is 3.10. The van der Waals surface area contributed by atoms with Gasteiger partial charge in [0, 0.05) is 16.8 Å². The molecule has 5 nitrogen and oxygen atoms in total. The van der Waals surface area contributed by atoms with Crippen LogP contribution in [0.5, 0.6) is 5.75 Å². The molecule has 0 saturated heterocycles. The van der Waals surface area contributed by atoms with Crippen molar-refractivity contribution in [1.82, 2.24) is 0 Å². The molecule has 0 atom stereocenters. The summed E-state index contributed by atoms with van der Waals surface area (Å²) in [6.07, 6.45) is -0.268. The maximum Gasteiger partial charge on any atom is 0.226 e. The van der Waals surface area contributed by atoms with Crippen molar-refractivity contribution < 1.29 is 19.1 Å². The summed E-state index contributed by atoms with van der Waals surface area (Å²) < 4.78 is 5.12. The molecule has 3 aromatic rings. The fourth-order valence-electron chi connectivity index (χ4n) is 3.81. The number of Topliss-reactive ketones (excluding diaryl/α,β-unsaturated/α-hetero) is 2. The first kappa shape index (κ1) is 18.6. The number of rotatable bonds is 5. The van der Waals surface area contributed by atoms with Crippen molar-refractivity contribution in [3.8, 4) is 5.75 Å². The number of nitrogens with one attached hydrogen (secondary N) is 1. The van der Waals surface area contributed by atoms with Gasteiger partial charge in [0.15, 0.2) is 11.6 Å². The number of carbonyl (C=O) groups excluding carboxylic acids is 3. The summed E-state index contributed by atoms with van der Waals surface area (Å²) in [6, 6.07) is 22.4. The van der Waals surface area contributed by atoms with Crippen LogP contribution >= 0.6 is 0 Å². The van der Waals surface area contributed by atoms with Crippen molar-refractivity contribution in [3.63, 3.8) is 0 Å². The third-order valence-corrected chi connectivity index (χ3v) is 5.26. The summed E-state index contributed by atoms with van der Waals surface area (Å²) in [5.41, 5.74) is 0.254. The number of carbonyl (C=O) groups is 3. The second-order valence-corrected chi connectivity index (χ2v) is 6.93. The number of hydrogen-bond acceptors (Lipinski definition) is 4. The fraction of sp³-hybridized carbons (Fsp3) is 0.125. The fourth-order valence-corrected chi connectivity index (χ4v) is 3.81. The second-order valence-electron chi connectivity index (χ2n) is 6.93. The van der Waals surface area contributed by atoms with Gasteiger partial charge in [-0.1, -0.05) is 54.6 Å². The number of methoxy groups -OCH3 is 1. The van der Waals surface area contributed by atoms with E-state index < -0.39 is 11.3 Å². The van der Waals surface area contributed by atoms with Gasteiger partial charge < -0.3 is 10.1 Å². The topological polar surface area (TPSA) is 72.5 Å². The molecule has 0 fully saturated rings. The average molecular weight is 385 g/mol. The summed E-state index contributed by atoms with van der Waals surface area (Å²) >= 11 is 0. The van der Waals surface area contributed by atoms with Crippen LogP contribution in [0.15, 0.2) is 78.9 Å². The van der Waals surface area contributed by atoms with E-state index in [2.05, 4.69) is 5.32 Å². The molecule has 0 spiro atoms. The first-order valence-corrected chi connectivity index (χ1v) is 9.24. The van der Waals surface area contributed by atoms with Gasteiger partial charge in [-0.3, -0.25) is 14.4 Å². The number of hydrogen-bond donors (Lipinski definition) is 1. The molecule has 0 bridgehead atoms. The molecule has 0 unspecified atom stereocenters. The van der Waals surface area contributed by atoms with Gasteiger partial charge in [0.1, 0.15) is 11.2 Å². The van der Waals surface area contributed by atoms with E-state index in [0.717, 1.165) is 0 Å². The zero-order chi connectivity index (χ0) is 20.4. The van der Waals surface area contributed by atoms with Gasteiger partial charge >= 0.3 is 0 Å². The first-order valence-electron chi connectivity index (χ1n) is 9.24. The van der Waals surface area contributed by atoms with Crippen molar-refractivity contribution in [2.24, 2.45) is 0 Å². The molecule has 0 radical (unpaired) electrons. The first-order chi connectivity index (χ1) is 14.1. The van der Waals surface area contributed by atoms with Crippen LogP contribution in [0.25, 0.3) is 0 Å². The SMILES string of the molecule is COc1ccc(NC(=O)CC2(c3ccccc3)C(=O)c3ccccc3C2=O)cc1. The van der Waals surface area contributed by atoms with Gasteiger partial charge in [0.25, 0.3) is 0 Å². The Morgan fingerprint density at radius 1 is 0.828 bits per heavy atom. The highest BCUT2D eigenvalue weighted by atomic mass is 16.5. The minimum absolute atomic E-state index is 0.268. The molecule has 29 heavy (non-hydrogen) atoms. The lowest BCUT2D eigenvalue weighted by atomic mass is 9.73. The van der Waals surface area contributed by atoms with Crippen molar-refractivity contribution in [3.05, 3.63) is 95.6 Å². The van der Waals surface area contributed by atoms with E-state index in [-0.39, 0.29) is 18.0 Å². The second kappa shape index (κ2) is 7.36. The van der Waals surface area contributed by atoms with Crippen molar-refractivity contribution >= 4 is 23.2 Å². The predicted octanol–water partition coefficient (Wildman–Crippen LogP) is 4.04. The smallest absolute Gasteiger partial charge is 0.226 e. The Bertz CT molecular complexity index is 1050. The summed E-state index contributed by atoms with van der Waals surface area (Å²) in [5.74, 6) is -0.419. The maximum atomic E-state index is 13.4. The van der Waals surface area contributed by atoms with Gasteiger partial charge in [-0.15, -0.1) is 0 Å². The van der Waals surface area contributed by atoms with Crippen LogP contribution in [0.4, 0.5) is 5.69 Å².